The highest BCUT2D eigenvalue weighted by Gasteiger charge is 2.21. The number of aromatic nitrogens is 1. The van der Waals surface area contributed by atoms with Crippen molar-refractivity contribution in [2.75, 3.05) is 13.1 Å². The number of carbonyl (C=O) groups is 1. The van der Waals surface area contributed by atoms with E-state index < -0.39 is 0 Å². The van der Waals surface area contributed by atoms with Crippen LogP contribution in [0, 0.1) is 5.92 Å². The number of halogens is 1. The van der Waals surface area contributed by atoms with Crippen molar-refractivity contribution in [2.24, 2.45) is 5.92 Å². The van der Waals surface area contributed by atoms with Gasteiger partial charge in [0.05, 0.1) is 5.56 Å². The summed E-state index contributed by atoms with van der Waals surface area (Å²) in [6.07, 6.45) is 5.72. The van der Waals surface area contributed by atoms with Crippen LogP contribution in [0.15, 0.2) is 52.1 Å². The number of amides is 1. The topological polar surface area (TPSA) is 33.2 Å². The molecule has 2 aromatic rings. The Morgan fingerprint density at radius 1 is 1.29 bits per heavy atom. The van der Waals surface area contributed by atoms with Gasteiger partial charge in [-0.1, -0.05) is 19.1 Å². The minimum Gasteiger partial charge on any atom is -0.339 e. The summed E-state index contributed by atoms with van der Waals surface area (Å²) >= 11 is 5.31. The van der Waals surface area contributed by atoms with Gasteiger partial charge < -0.3 is 4.90 Å². The number of carbonyl (C=O) groups excluding carboxylic acids is 1. The molecule has 1 fully saturated rings. The number of hydrogen-bond donors (Lipinski definition) is 0. The fourth-order valence-electron chi connectivity index (χ4n) is 2.80. The molecule has 1 aromatic carbocycles. The van der Waals surface area contributed by atoms with Crippen LogP contribution < -0.4 is 0 Å². The first kappa shape index (κ1) is 17.5. The first-order valence-electron chi connectivity index (χ1n) is 8.24. The van der Waals surface area contributed by atoms with Gasteiger partial charge in [0.2, 0.25) is 0 Å². The summed E-state index contributed by atoms with van der Waals surface area (Å²) in [6, 6.07) is 10.2. The molecule has 0 bridgehead atoms. The lowest BCUT2D eigenvalue weighted by molar-refractivity contribution is 0.0696. The van der Waals surface area contributed by atoms with E-state index in [0.717, 1.165) is 47.6 Å². The summed E-state index contributed by atoms with van der Waals surface area (Å²) in [5.41, 5.74) is 1.78. The predicted molar refractivity (Wildman–Crippen MR) is 102 cm³/mol. The third-order valence-corrected chi connectivity index (χ3v) is 6.44. The van der Waals surface area contributed by atoms with E-state index in [-0.39, 0.29) is 5.91 Å². The molecule has 1 aliphatic rings. The number of thioether (sulfide) groups is 1. The number of hydrogen-bond acceptors (Lipinski definition) is 3. The first-order valence-corrected chi connectivity index (χ1v) is 10.0. The largest absolute Gasteiger partial charge is 0.339 e. The Hall–Kier alpha value is -1.33. The second-order valence-electron chi connectivity index (χ2n) is 6.28. The number of benzene rings is 1. The second-order valence-corrected chi connectivity index (χ2v) is 8.15. The van der Waals surface area contributed by atoms with E-state index in [9.17, 15) is 4.79 Å². The molecule has 0 aliphatic carbocycles. The van der Waals surface area contributed by atoms with Crippen molar-refractivity contribution in [1.29, 1.82) is 0 Å². The van der Waals surface area contributed by atoms with Crippen LogP contribution in [0.5, 0.6) is 0 Å². The van der Waals surface area contributed by atoms with E-state index >= 15 is 0 Å². The van der Waals surface area contributed by atoms with Gasteiger partial charge >= 0.3 is 0 Å². The van der Waals surface area contributed by atoms with Crippen LogP contribution in [0.2, 0.25) is 0 Å². The zero-order valence-corrected chi connectivity index (χ0v) is 16.1. The third kappa shape index (κ3) is 4.39. The van der Waals surface area contributed by atoms with Crippen molar-refractivity contribution in [1.82, 2.24) is 9.88 Å². The van der Waals surface area contributed by atoms with E-state index in [0.29, 0.717) is 5.56 Å². The Morgan fingerprint density at radius 2 is 2.04 bits per heavy atom. The predicted octanol–water partition coefficient (Wildman–Crippen LogP) is 5.01. The highest BCUT2D eigenvalue weighted by Crippen LogP contribution is 2.29. The molecule has 0 radical (unpaired) electrons. The zero-order chi connectivity index (χ0) is 16.9. The third-order valence-electron chi connectivity index (χ3n) is 4.34. The first-order chi connectivity index (χ1) is 11.6. The maximum atomic E-state index is 12.7. The van der Waals surface area contributed by atoms with Gasteiger partial charge in [0.25, 0.3) is 5.91 Å². The molecular formula is C19H21BrN2OS. The van der Waals surface area contributed by atoms with Crippen LogP contribution >= 0.6 is 27.7 Å². The van der Waals surface area contributed by atoms with Crippen LogP contribution in [0.25, 0.3) is 0 Å². The van der Waals surface area contributed by atoms with Crippen LogP contribution in [0.1, 0.15) is 35.7 Å². The van der Waals surface area contributed by atoms with Crippen LogP contribution in [0.4, 0.5) is 0 Å². The summed E-state index contributed by atoms with van der Waals surface area (Å²) in [7, 11) is 0. The summed E-state index contributed by atoms with van der Waals surface area (Å²) in [6.45, 7) is 3.97. The van der Waals surface area contributed by atoms with Gasteiger partial charge in [-0.3, -0.25) is 9.78 Å². The second kappa shape index (κ2) is 8.17. The average Bonchev–Trinajstić information content (AvgIpc) is 2.61. The van der Waals surface area contributed by atoms with Crippen LogP contribution in [0.3, 0.4) is 0 Å². The molecular weight excluding hydrogens is 384 g/mol. The van der Waals surface area contributed by atoms with Crippen LogP contribution in [-0.4, -0.2) is 28.9 Å². The van der Waals surface area contributed by atoms with Gasteiger partial charge in [-0.05, 0) is 58.5 Å². The Morgan fingerprint density at radius 3 is 2.79 bits per heavy atom. The quantitative estimate of drug-likeness (QED) is 0.671. The van der Waals surface area contributed by atoms with Crippen molar-refractivity contribution >= 4 is 33.6 Å². The van der Waals surface area contributed by atoms with Crippen molar-refractivity contribution in [2.45, 2.75) is 30.4 Å². The lowest BCUT2D eigenvalue weighted by Gasteiger charge is -2.30. The van der Waals surface area contributed by atoms with Crippen molar-refractivity contribution in [3.8, 4) is 0 Å². The van der Waals surface area contributed by atoms with Gasteiger partial charge in [-0.2, -0.15) is 0 Å². The number of rotatable bonds is 4. The molecule has 2 heterocycles. The number of likely N-dealkylation sites (tertiary alicyclic amines) is 1. The molecule has 1 aromatic heterocycles. The summed E-state index contributed by atoms with van der Waals surface area (Å²) < 4.78 is 1.10. The normalized spacial score (nSPS) is 15.5. The molecule has 1 saturated heterocycles. The molecule has 0 atom stereocenters. The number of nitrogens with zero attached hydrogens (tertiary/aromatic N) is 2. The lowest BCUT2D eigenvalue weighted by atomic mass is 9.99. The fraction of sp³-hybridized carbons (Fsp3) is 0.368. The number of piperidine rings is 1. The Balaban J connectivity index is 1.65. The molecule has 0 unspecified atom stereocenters. The summed E-state index contributed by atoms with van der Waals surface area (Å²) in [5.74, 6) is 1.63. The van der Waals surface area contributed by atoms with E-state index in [1.54, 1.807) is 18.0 Å². The fourth-order valence-corrected chi connectivity index (χ4v) is 4.29. The van der Waals surface area contributed by atoms with E-state index in [1.807, 2.05) is 35.4 Å². The standard InChI is InChI=1S/C19H21BrN2OS/c1-14-6-8-22(9-7-14)19(23)16-10-15(11-21-12-16)13-24-18-5-3-2-4-17(18)20/h2-5,10-12,14H,6-9,13H2,1H3. The average molecular weight is 405 g/mol. The van der Waals surface area contributed by atoms with Crippen LogP contribution in [-0.2, 0) is 5.75 Å². The SMILES string of the molecule is CC1CCN(C(=O)c2cncc(CSc3ccccc3Br)c2)CC1. The Bertz CT molecular complexity index is 714. The highest BCUT2D eigenvalue weighted by atomic mass is 79.9. The van der Waals surface area contributed by atoms with E-state index in [2.05, 4.69) is 33.9 Å². The molecule has 126 valence electrons. The van der Waals surface area contributed by atoms with Crippen molar-refractivity contribution in [3.05, 3.63) is 58.3 Å². The molecule has 0 N–H and O–H groups in total. The van der Waals surface area contributed by atoms with Gasteiger partial charge in [0.15, 0.2) is 0 Å². The maximum absolute atomic E-state index is 12.7. The molecule has 3 nitrogen and oxygen atoms in total. The number of pyridine rings is 1. The van der Waals surface area contributed by atoms with Gasteiger partial charge in [0, 0.05) is 40.6 Å². The smallest absolute Gasteiger partial charge is 0.255 e. The summed E-state index contributed by atoms with van der Waals surface area (Å²) in [4.78, 5) is 20.1. The molecule has 24 heavy (non-hydrogen) atoms. The molecule has 0 spiro atoms. The molecule has 1 aliphatic heterocycles. The van der Waals surface area contributed by atoms with Gasteiger partial charge in [-0.15, -0.1) is 11.8 Å². The van der Waals surface area contributed by atoms with Gasteiger partial charge in [-0.25, -0.2) is 0 Å². The zero-order valence-electron chi connectivity index (χ0n) is 13.7. The van der Waals surface area contributed by atoms with E-state index in [1.165, 1.54) is 4.90 Å². The lowest BCUT2D eigenvalue weighted by Crippen LogP contribution is -2.37. The highest BCUT2D eigenvalue weighted by molar-refractivity contribution is 9.10. The monoisotopic (exact) mass is 404 g/mol. The minimum absolute atomic E-state index is 0.113. The molecule has 5 heteroatoms. The van der Waals surface area contributed by atoms with Crippen molar-refractivity contribution in [3.63, 3.8) is 0 Å². The molecule has 0 saturated carbocycles. The Kier molecular flexibility index (Phi) is 5.95. The summed E-state index contributed by atoms with van der Waals surface area (Å²) in [5, 5.41) is 0. The maximum Gasteiger partial charge on any atom is 0.255 e. The molecule has 1 amide bonds. The molecule has 3 rings (SSSR count). The minimum atomic E-state index is 0.113. The Labute approximate surface area is 156 Å². The van der Waals surface area contributed by atoms with Crippen molar-refractivity contribution < 1.29 is 4.79 Å². The van der Waals surface area contributed by atoms with Gasteiger partial charge in [0.1, 0.15) is 0 Å². The van der Waals surface area contributed by atoms with E-state index in [4.69, 9.17) is 0 Å².